The maximum Gasteiger partial charge on any atom is 0.311 e. The quantitative estimate of drug-likeness (QED) is 0.571. The molecule has 7 heteroatoms. The number of furan rings is 1. The van der Waals surface area contributed by atoms with E-state index < -0.39 is 12.1 Å². The number of carbonyl (C=O) groups excluding carboxylic acids is 2. The average Bonchev–Trinajstić information content (AvgIpc) is 3.12. The first-order valence-electron chi connectivity index (χ1n) is 9.56. The van der Waals surface area contributed by atoms with Crippen molar-refractivity contribution in [2.24, 2.45) is 0 Å². The van der Waals surface area contributed by atoms with Crippen molar-refractivity contribution in [3.63, 3.8) is 0 Å². The second-order valence-corrected chi connectivity index (χ2v) is 6.98. The summed E-state index contributed by atoms with van der Waals surface area (Å²) in [7, 11) is 3.11. The van der Waals surface area contributed by atoms with Gasteiger partial charge in [-0.25, -0.2) is 0 Å². The van der Waals surface area contributed by atoms with E-state index in [0.717, 1.165) is 27.7 Å². The molecule has 3 rings (SSSR count). The fourth-order valence-corrected chi connectivity index (χ4v) is 3.10. The molecule has 0 spiro atoms. The highest BCUT2D eigenvalue weighted by Gasteiger charge is 2.19. The zero-order valence-electron chi connectivity index (χ0n) is 17.5. The Morgan fingerprint density at radius 3 is 2.57 bits per heavy atom. The number of methoxy groups -OCH3 is 2. The maximum atomic E-state index is 12.3. The highest BCUT2D eigenvalue weighted by molar-refractivity contribution is 5.88. The summed E-state index contributed by atoms with van der Waals surface area (Å²) in [5.74, 6) is 0.306. The van der Waals surface area contributed by atoms with E-state index in [-0.39, 0.29) is 18.9 Å². The molecule has 1 aromatic heterocycles. The maximum absolute atomic E-state index is 12.3. The number of aryl methyl sites for hydroxylation is 1. The Kier molecular flexibility index (Phi) is 6.61. The lowest BCUT2D eigenvalue weighted by Crippen LogP contribution is -2.35. The Morgan fingerprint density at radius 2 is 1.83 bits per heavy atom. The van der Waals surface area contributed by atoms with Crippen LogP contribution in [0.3, 0.4) is 0 Å². The molecule has 0 aliphatic rings. The second-order valence-electron chi connectivity index (χ2n) is 6.98. The molecule has 3 aromatic rings. The van der Waals surface area contributed by atoms with E-state index in [1.54, 1.807) is 39.5 Å². The van der Waals surface area contributed by atoms with E-state index in [1.165, 1.54) is 0 Å². The highest BCUT2D eigenvalue weighted by atomic mass is 16.5. The molecule has 2 aromatic carbocycles. The monoisotopic (exact) mass is 411 g/mol. The van der Waals surface area contributed by atoms with Crippen LogP contribution in [0.1, 0.15) is 23.6 Å². The van der Waals surface area contributed by atoms with E-state index in [2.05, 4.69) is 5.32 Å². The lowest BCUT2D eigenvalue weighted by atomic mass is 10.1. The lowest BCUT2D eigenvalue weighted by Gasteiger charge is -2.14. The topological polar surface area (TPSA) is 87.0 Å². The number of amides is 1. The van der Waals surface area contributed by atoms with Crippen LogP contribution in [0, 0.1) is 6.92 Å². The molecule has 1 amide bonds. The SMILES string of the molecule is COc1ccc(CNC(=O)[C@H](C)OC(=O)Cc2coc3cc(C)ccc23)cc1OC. The van der Waals surface area contributed by atoms with E-state index in [4.69, 9.17) is 18.6 Å². The van der Waals surface area contributed by atoms with Gasteiger partial charge in [-0.1, -0.05) is 18.2 Å². The first-order chi connectivity index (χ1) is 14.4. The van der Waals surface area contributed by atoms with Gasteiger partial charge in [-0.2, -0.15) is 0 Å². The number of hydrogen-bond donors (Lipinski definition) is 1. The summed E-state index contributed by atoms with van der Waals surface area (Å²) in [6.45, 7) is 3.78. The predicted molar refractivity (Wildman–Crippen MR) is 112 cm³/mol. The molecule has 0 aliphatic carbocycles. The number of rotatable bonds is 8. The van der Waals surface area contributed by atoms with Crippen molar-refractivity contribution in [3.8, 4) is 11.5 Å². The van der Waals surface area contributed by atoms with Gasteiger partial charge >= 0.3 is 5.97 Å². The minimum absolute atomic E-state index is 0.0311. The number of nitrogens with one attached hydrogen (secondary N) is 1. The largest absolute Gasteiger partial charge is 0.493 e. The molecule has 0 aliphatic heterocycles. The van der Waals surface area contributed by atoms with Crippen molar-refractivity contribution in [1.82, 2.24) is 5.32 Å². The van der Waals surface area contributed by atoms with Gasteiger partial charge in [0.05, 0.1) is 26.9 Å². The number of carbonyl (C=O) groups is 2. The van der Waals surface area contributed by atoms with Crippen LogP contribution in [0.4, 0.5) is 0 Å². The number of hydrogen-bond acceptors (Lipinski definition) is 6. The highest BCUT2D eigenvalue weighted by Crippen LogP contribution is 2.27. The molecule has 1 atom stereocenters. The summed E-state index contributed by atoms with van der Waals surface area (Å²) in [5.41, 5.74) is 3.36. The number of benzene rings is 2. The average molecular weight is 411 g/mol. The van der Waals surface area contributed by atoms with Crippen molar-refractivity contribution >= 4 is 22.8 Å². The standard InChI is InChI=1S/C23H25NO6/c1-14-5-7-18-17(13-29-20(18)9-14)11-22(25)30-15(2)23(26)24-12-16-6-8-19(27-3)21(10-16)28-4/h5-10,13,15H,11-12H2,1-4H3,(H,24,26)/t15-/m0/s1. The van der Waals surface area contributed by atoms with Crippen molar-refractivity contribution < 1.29 is 28.2 Å². The molecule has 0 fully saturated rings. The molecule has 0 saturated carbocycles. The molecule has 1 heterocycles. The van der Waals surface area contributed by atoms with Crippen LogP contribution in [-0.4, -0.2) is 32.2 Å². The normalized spacial score (nSPS) is 11.7. The number of esters is 1. The van der Waals surface area contributed by atoms with Gasteiger partial charge in [0.25, 0.3) is 5.91 Å². The van der Waals surface area contributed by atoms with Crippen LogP contribution >= 0.6 is 0 Å². The third-order valence-corrected chi connectivity index (χ3v) is 4.74. The lowest BCUT2D eigenvalue weighted by molar-refractivity contribution is -0.154. The third kappa shape index (κ3) is 4.92. The first-order valence-corrected chi connectivity index (χ1v) is 9.56. The van der Waals surface area contributed by atoms with E-state index in [0.29, 0.717) is 11.5 Å². The van der Waals surface area contributed by atoms with Gasteiger partial charge in [-0.15, -0.1) is 0 Å². The van der Waals surface area contributed by atoms with Crippen LogP contribution in [0.5, 0.6) is 11.5 Å². The molecule has 30 heavy (non-hydrogen) atoms. The number of ether oxygens (including phenoxy) is 3. The van der Waals surface area contributed by atoms with Gasteiger partial charge < -0.3 is 23.9 Å². The van der Waals surface area contributed by atoms with Crippen molar-refractivity contribution in [1.29, 1.82) is 0 Å². The molecule has 1 N–H and O–H groups in total. The predicted octanol–water partition coefficient (Wildman–Crippen LogP) is 3.55. The summed E-state index contributed by atoms with van der Waals surface area (Å²) < 4.78 is 21.2. The van der Waals surface area contributed by atoms with E-state index >= 15 is 0 Å². The van der Waals surface area contributed by atoms with Crippen LogP contribution in [-0.2, 0) is 27.3 Å². The Morgan fingerprint density at radius 1 is 1.07 bits per heavy atom. The van der Waals surface area contributed by atoms with E-state index in [9.17, 15) is 9.59 Å². The zero-order valence-corrected chi connectivity index (χ0v) is 17.5. The molecule has 7 nitrogen and oxygen atoms in total. The summed E-state index contributed by atoms with van der Waals surface area (Å²) in [6.07, 6.45) is 0.661. The molecule has 0 unspecified atom stereocenters. The minimum atomic E-state index is -0.918. The van der Waals surface area contributed by atoms with Crippen LogP contribution < -0.4 is 14.8 Å². The molecule has 158 valence electrons. The van der Waals surface area contributed by atoms with Crippen LogP contribution in [0.2, 0.25) is 0 Å². The fraction of sp³-hybridized carbons (Fsp3) is 0.304. The first kappa shape index (κ1) is 21.2. The van der Waals surface area contributed by atoms with Crippen molar-refractivity contribution in [2.45, 2.75) is 32.9 Å². The molecular weight excluding hydrogens is 386 g/mol. The van der Waals surface area contributed by atoms with Crippen LogP contribution in [0.15, 0.2) is 47.1 Å². The molecule has 0 saturated heterocycles. The Labute approximate surface area is 174 Å². The summed E-state index contributed by atoms with van der Waals surface area (Å²) in [5, 5.41) is 3.62. The Hall–Kier alpha value is -3.48. The Bertz CT molecular complexity index is 1060. The van der Waals surface area contributed by atoms with Gasteiger partial charge in [0, 0.05) is 17.5 Å². The van der Waals surface area contributed by atoms with Gasteiger partial charge in [-0.05, 0) is 43.2 Å². The summed E-state index contributed by atoms with van der Waals surface area (Å²) in [6, 6.07) is 11.1. The van der Waals surface area contributed by atoms with Gasteiger partial charge in [-0.3, -0.25) is 9.59 Å². The summed E-state index contributed by atoms with van der Waals surface area (Å²) in [4.78, 5) is 24.6. The van der Waals surface area contributed by atoms with E-state index in [1.807, 2.05) is 31.2 Å². The van der Waals surface area contributed by atoms with Crippen molar-refractivity contribution in [3.05, 3.63) is 59.4 Å². The summed E-state index contributed by atoms with van der Waals surface area (Å²) >= 11 is 0. The minimum Gasteiger partial charge on any atom is -0.493 e. The fourth-order valence-electron chi connectivity index (χ4n) is 3.10. The van der Waals surface area contributed by atoms with Gasteiger partial charge in [0.2, 0.25) is 0 Å². The van der Waals surface area contributed by atoms with Gasteiger partial charge in [0.15, 0.2) is 17.6 Å². The zero-order chi connectivity index (χ0) is 21.7. The number of fused-ring (bicyclic) bond motifs is 1. The Balaban J connectivity index is 1.54. The molecule has 0 bridgehead atoms. The molecule has 0 radical (unpaired) electrons. The third-order valence-electron chi connectivity index (χ3n) is 4.74. The van der Waals surface area contributed by atoms with Crippen molar-refractivity contribution in [2.75, 3.05) is 14.2 Å². The van der Waals surface area contributed by atoms with Gasteiger partial charge in [0.1, 0.15) is 5.58 Å². The molecular formula is C23H25NO6. The second kappa shape index (κ2) is 9.35. The van der Waals surface area contributed by atoms with Crippen LogP contribution in [0.25, 0.3) is 11.0 Å². The smallest absolute Gasteiger partial charge is 0.311 e.